The summed E-state index contributed by atoms with van der Waals surface area (Å²) in [6.45, 7) is 3.96. The molecule has 10 heteroatoms. The largest absolute Gasteiger partial charge is 0.277 e. The monoisotopic (exact) mass is 440 g/mol. The normalized spacial score (nSPS) is 11.2. The maximum Gasteiger partial charge on any atom is 0.277 e. The number of hydrogen-bond donors (Lipinski definition) is 0. The molecule has 0 N–H and O–H groups in total. The van der Waals surface area contributed by atoms with E-state index in [1.807, 2.05) is 56.3 Å². The van der Waals surface area contributed by atoms with Gasteiger partial charge >= 0.3 is 0 Å². The second kappa shape index (κ2) is 7.45. The van der Waals surface area contributed by atoms with Gasteiger partial charge in [0.2, 0.25) is 0 Å². The highest BCUT2D eigenvalue weighted by Gasteiger charge is 2.23. The van der Waals surface area contributed by atoms with Gasteiger partial charge < -0.3 is 0 Å². The first-order valence-corrected chi connectivity index (χ1v) is 9.99. The van der Waals surface area contributed by atoms with Crippen LogP contribution in [0, 0.1) is 34.1 Å². The Morgan fingerprint density at radius 3 is 2.00 bits per heavy atom. The third-order valence-corrected chi connectivity index (χ3v) is 5.50. The van der Waals surface area contributed by atoms with Gasteiger partial charge in [-0.15, -0.1) is 0 Å². The molecule has 2 aromatic heterocycles. The summed E-state index contributed by atoms with van der Waals surface area (Å²) in [6, 6.07) is 16.6. The summed E-state index contributed by atoms with van der Waals surface area (Å²) >= 11 is 0. The number of nitro benzene ring substituents is 2. The van der Waals surface area contributed by atoms with E-state index in [1.54, 1.807) is 4.57 Å². The second-order valence-corrected chi connectivity index (χ2v) is 7.65. The van der Waals surface area contributed by atoms with E-state index in [0.717, 1.165) is 17.2 Å². The van der Waals surface area contributed by atoms with Gasteiger partial charge in [-0.3, -0.25) is 24.8 Å². The molecular weight excluding hydrogens is 424 g/mol. The topological polar surface area (TPSA) is 130 Å². The zero-order chi connectivity index (χ0) is 23.3. The second-order valence-electron chi connectivity index (χ2n) is 7.65. The van der Waals surface area contributed by atoms with Gasteiger partial charge in [0.05, 0.1) is 26.9 Å². The molecule has 0 amide bonds. The van der Waals surface area contributed by atoms with Crippen LogP contribution in [-0.2, 0) is 0 Å². The van der Waals surface area contributed by atoms with E-state index in [-0.39, 0.29) is 11.4 Å². The Balaban J connectivity index is 1.89. The lowest BCUT2D eigenvalue weighted by Crippen LogP contribution is -2.01. The predicted octanol–water partition coefficient (Wildman–Crippen LogP) is 5.07. The molecule has 3 aromatic carbocycles. The molecule has 10 nitrogen and oxygen atoms in total. The molecule has 0 aliphatic rings. The van der Waals surface area contributed by atoms with Crippen molar-refractivity contribution < 1.29 is 9.85 Å². The highest BCUT2D eigenvalue weighted by molar-refractivity contribution is 5.86. The number of hydrogen-bond acceptors (Lipinski definition) is 7. The van der Waals surface area contributed by atoms with Crippen molar-refractivity contribution in [2.75, 3.05) is 0 Å². The fourth-order valence-electron chi connectivity index (χ4n) is 3.70. The molecule has 0 atom stereocenters. The quantitative estimate of drug-likeness (QED) is 0.282. The fraction of sp³-hybridized carbons (Fsp3) is 0.0870. The number of imidazole rings is 1. The van der Waals surface area contributed by atoms with Crippen molar-refractivity contribution >= 4 is 33.7 Å². The van der Waals surface area contributed by atoms with Crippen LogP contribution in [0.3, 0.4) is 0 Å². The number of non-ortho nitro benzene ring substituents is 2. The van der Waals surface area contributed by atoms with Gasteiger partial charge in [0.15, 0.2) is 11.3 Å². The fourth-order valence-corrected chi connectivity index (χ4v) is 3.70. The Bertz CT molecular complexity index is 1580. The molecule has 5 aromatic rings. The first-order chi connectivity index (χ1) is 15.8. The van der Waals surface area contributed by atoms with Crippen LogP contribution in [0.2, 0.25) is 0 Å². The number of nitrogens with zero attached hydrogens (tertiary/aromatic N) is 6. The minimum Gasteiger partial charge on any atom is -0.275 e. The predicted molar refractivity (Wildman–Crippen MR) is 122 cm³/mol. The summed E-state index contributed by atoms with van der Waals surface area (Å²) in [5, 5.41) is 22.9. The van der Waals surface area contributed by atoms with Crippen LogP contribution in [0.1, 0.15) is 11.1 Å². The van der Waals surface area contributed by atoms with Crippen molar-refractivity contribution in [2.45, 2.75) is 13.8 Å². The van der Waals surface area contributed by atoms with Crippen molar-refractivity contribution in [1.82, 2.24) is 19.5 Å². The van der Waals surface area contributed by atoms with E-state index in [4.69, 9.17) is 4.98 Å². The number of aryl methyl sites for hydroxylation is 2. The highest BCUT2D eigenvalue weighted by atomic mass is 16.6. The highest BCUT2D eigenvalue weighted by Crippen LogP contribution is 2.33. The van der Waals surface area contributed by atoms with E-state index in [2.05, 4.69) is 9.97 Å². The van der Waals surface area contributed by atoms with Crippen molar-refractivity contribution in [3.05, 3.63) is 92.0 Å². The van der Waals surface area contributed by atoms with E-state index < -0.39 is 21.2 Å². The molecule has 162 valence electrons. The number of nitro groups is 2. The van der Waals surface area contributed by atoms with E-state index in [9.17, 15) is 20.2 Å². The SMILES string of the molecule is Cc1ccc(-n2c(-c3cc([N+](=O)[O-])cc([N+](=O)[O-])c3)nc3nc4ccccc4nc32)cc1C. The lowest BCUT2D eigenvalue weighted by molar-refractivity contribution is -0.394. The van der Waals surface area contributed by atoms with E-state index >= 15 is 0 Å². The molecule has 0 fully saturated rings. The van der Waals surface area contributed by atoms with Gasteiger partial charge in [0.1, 0.15) is 5.82 Å². The molecule has 33 heavy (non-hydrogen) atoms. The first kappa shape index (κ1) is 20.2. The number of fused-ring (bicyclic) bond motifs is 2. The first-order valence-electron chi connectivity index (χ1n) is 9.99. The van der Waals surface area contributed by atoms with E-state index in [0.29, 0.717) is 28.0 Å². The third kappa shape index (κ3) is 3.43. The molecule has 0 aliphatic heterocycles. The van der Waals surface area contributed by atoms with Crippen LogP contribution in [0.5, 0.6) is 0 Å². The summed E-state index contributed by atoms with van der Waals surface area (Å²) in [5.41, 5.74) is 4.33. The molecule has 2 heterocycles. The lowest BCUT2D eigenvalue weighted by atomic mass is 10.1. The number of para-hydroxylation sites is 2. The van der Waals surface area contributed by atoms with Gasteiger partial charge in [0, 0.05) is 23.4 Å². The van der Waals surface area contributed by atoms with Gasteiger partial charge in [-0.25, -0.2) is 15.0 Å². The summed E-state index contributed by atoms with van der Waals surface area (Å²) in [5.74, 6) is 0.273. The van der Waals surface area contributed by atoms with Crippen molar-refractivity contribution in [3.63, 3.8) is 0 Å². The molecule has 0 spiro atoms. The number of rotatable bonds is 4. The minimum absolute atomic E-state index is 0.220. The summed E-state index contributed by atoms with van der Waals surface area (Å²) < 4.78 is 1.73. The van der Waals surface area contributed by atoms with Crippen molar-refractivity contribution in [2.24, 2.45) is 0 Å². The van der Waals surface area contributed by atoms with Crippen molar-refractivity contribution in [3.8, 4) is 17.1 Å². The maximum absolute atomic E-state index is 11.5. The van der Waals surface area contributed by atoms with Gasteiger partial charge in [0.25, 0.3) is 11.4 Å². The molecular formula is C23H16N6O4. The van der Waals surface area contributed by atoms with Crippen LogP contribution >= 0.6 is 0 Å². The summed E-state index contributed by atoms with van der Waals surface area (Å²) in [4.78, 5) is 35.5. The standard InChI is InChI=1S/C23H16N6O4/c1-13-7-8-16(9-14(13)2)27-22(15-10-17(28(30)31)12-18(11-15)29(32)33)26-21-23(27)25-20-6-4-3-5-19(20)24-21/h3-12H,1-2H3. The number of aromatic nitrogens is 4. The van der Waals surface area contributed by atoms with Crippen LogP contribution in [0.15, 0.2) is 60.7 Å². The van der Waals surface area contributed by atoms with Crippen LogP contribution in [0.25, 0.3) is 39.4 Å². The van der Waals surface area contributed by atoms with Crippen LogP contribution in [0.4, 0.5) is 11.4 Å². The van der Waals surface area contributed by atoms with Gasteiger partial charge in [-0.2, -0.15) is 0 Å². The lowest BCUT2D eigenvalue weighted by Gasteiger charge is -2.11. The molecule has 0 aliphatic carbocycles. The minimum atomic E-state index is -0.662. The third-order valence-electron chi connectivity index (χ3n) is 5.50. The van der Waals surface area contributed by atoms with Gasteiger partial charge in [-0.1, -0.05) is 18.2 Å². The summed E-state index contributed by atoms with van der Waals surface area (Å²) in [7, 11) is 0. The zero-order valence-corrected chi connectivity index (χ0v) is 17.6. The Hall–Kier alpha value is -4.73. The Kier molecular flexibility index (Phi) is 4.56. The molecule has 0 unspecified atom stereocenters. The number of benzene rings is 3. The van der Waals surface area contributed by atoms with Crippen LogP contribution in [-0.4, -0.2) is 29.4 Å². The summed E-state index contributed by atoms with van der Waals surface area (Å²) in [6.07, 6.45) is 0. The average Bonchev–Trinajstić information content (AvgIpc) is 3.17. The smallest absolute Gasteiger partial charge is 0.275 e. The Morgan fingerprint density at radius 1 is 0.758 bits per heavy atom. The maximum atomic E-state index is 11.5. The Labute approximate surface area is 186 Å². The van der Waals surface area contributed by atoms with E-state index in [1.165, 1.54) is 12.1 Å². The Morgan fingerprint density at radius 2 is 1.39 bits per heavy atom. The molecule has 0 saturated carbocycles. The molecule has 0 radical (unpaired) electrons. The molecule has 0 bridgehead atoms. The van der Waals surface area contributed by atoms with Crippen LogP contribution < -0.4 is 0 Å². The molecule has 0 saturated heterocycles. The average molecular weight is 440 g/mol. The van der Waals surface area contributed by atoms with Gasteiger partial charge in [-0.05, 0) is 49.2 Å². The molecule has 5 rings (SSSR count). The van der Waals surface area contributed by atoms with Crippen molar-refractivity contribution in [1.29, 1.82) is 0 Å². The zero-order valence-electron chi connectivity index (χ0n) is 17.6.